The molecule has 0 aromatic heterocycles. The molecule has 0 aliphatic heterocycles. The molecule has 1 atom stereocenters. The van der Waals surface area contributed by atoms with Crippen molar-refractivity contribution in [2.75, 3.05) is 0 Å². The second kappa shape index (κ2) is 5.11. The normalized spacial score (nSPS) is 16.8. The van der Waals surface area contributed by atoms with Crippen LogP contribution in [0.1, 0.15) is 34.1 Å². The molecular weight excluding hydrogens is 139 g/mol. The van der Waals surface area contributed by atoms with Crippen molar-refractivity contribution in [2.24, 2.45) is 0 Å². The van der Waals surface area contributed by atoms with Gasteiger partial charge in [-0.2, -0.15) is 0 Å². The van der Waals surface area contributed by atoms with E-state index < -0.39 is 6.17 Å². The van der Waals surface area contributed by atoms with Crippen molar-refractivity contribution in [3.63, 3.8) is 0 Å². The van der Waals surface area contributed by atoms with Crippen LogP contribution in [0.4, 0.5) is 4.39 Å². The molecule has 0 spiro atoms. The van der Waals surface area contributed by atoms with Crippen molar-refractivity contribution in [2.45, 2.75) is 40.3 Å². The summed E-state index contributed by atoms with van der Waals surface area (Å²) in [6.45, 7) is 7.51. The van der Waals surface area contributed by atoms with Crippen LogP contribution in [-0.4, -0.2) is 6.17 Å². The van der Waals surface area contributed by atoms with Crippen LogP contribution in [-0.2, 0) is 0 Å². The van der Waals surface area contributed by atoms with Crippen molar-refractivity contribution in [3.8, 4) is 0 Å². The third-order valence-electron chi connectivity index (χ3n) is 1.82. The minimum Gasteiger partial charge on any atom is -0.243 e. The zero-order valence-corrected chi connectivity index (χ0v) is 7.82. The molecular formula is C10H17F. The van der Waals surface area contributed by atoms with E-state index in [2.05, 4.69) is 6.92 Å². The summed E-state index contributed by atoms with van der Waals surface area (Å²) in [7, 11) is 0. The van der Waals surface area contributed by atoms with E-state index in [4.69, 9.17) is 0 Å². The smallest absolute Gasteiger partial charge is 0.118 e. The minimum atomic E-state index is -0.823. The van der Waals surface area contributed by atoms with Crippen molar-refractivity contribution in [1.82, 2.24) is 0 Å². The van der Waals surface area contributed by atoms with E-state index in [0.29, 0.717) is 0 Å². The van der Waals surface area contributed by atoms with Crippen LogP contribution in [0.3, 0.4) is 0 Å². The van der Waals surface area contributed by atoms with Crippen LogP contribution in [0.15, 0.2) is 23.3 Å². The van der Waals surface area contributed by atoms with Crippen LogP contribution in [0.5, 0.6) is 0 Å². The van der Waals surface area contributed by atoms with Gasteiger partial charge in [0.15, 0.2) is 0 Å². The van der Waals surface area contributed by atoms with Gasteiger partial charge in [0.25, 0.3) is 0 Å². The van der Waals surface area contributed by atoms with Gasteiger partial charge in [0.05, 0.1) is 0 Å². The molecule has 0 aromatic carbocycles. The molecule has 0 N–H and O–H groups in total. The van der Waals surface area contributed by atoms with Gasteiger partial charge < -0.3 is 0 Å². The highest BCUT2D eigenvalue weighted by atomic mass is 19.1. The van der Waals surface area contributed by atoms with Crippen LogP contribution in [0.2, 0.25) is 0 Å². The number of hydrogen-bond donors (Lipinski definition) is 0. The number of halogens is 1. The van der Waals surface area contributed by atoms with Crippen molar-refractivity contribution in [1.29, 1.82) is 0 Å². The maximum Gasteiger partial charge on any atom is 0.118 e. The predicted octanol–water partition coefficient (Wildman–Crippen LogP) is 3.65. The van der Waals surface area contributed by atoms with E-state index in [-0.39, 0.29) is 0 Å². The topological polar surface area (TPSA) is 0 Å². The summed E-state index contributed by atoms with van der Waals surface area (Å²) in [4.78, 5) is 0. The molecule has 0 saturated carbocycles. The lowest BCUT2D eigenvalue weighted by Gasteiger charge is -1.99. The van der Waals surface area contributed by atoms with Crippen molar-refractivity contribution >= 4 is 0 Å². The van der Waals surface area contributed by atoms with Crippen LogP contribution in [0, 0.1) is 0 Å². The Morgan fingerprint density at radius 3 is 2.27 bits per heavy atom. The number of hydrogen-bond acceptors (Lipinski definition) is 0. The Kier molecular flexibility index (Phi) is 4.84. The first-order chi connectivity index (χ1) is 5.07. The first kappa shape index (κ1) is 10.4. The Morgan fingerprint density at radius 2 is 1.91 bits per heavy atom. The molecule has 0 saturated heterocycles. The average Bonchev–Trinajstić information content (AvgIpc) is 1.99. The second-order valence-corrected chi connectivity index (χ2v) is 2.89. The molecule has 0 heterocycles. The first-order valence-corrected chi connectivity index (χ1v) is 4.06. The molecule has 0 rings (SSSR count). The molecule has 0 bridgehead atoms. The Bertz CT molecular complexity index is 164. The summed E-state index contributed by atoms with van der Waals surface area (Å²) in [5.74, 6) is 0. The van der Waals surface area contributed by atoms with E-state index in [9.17, 15) is 4.39 Å². The van der Waals surface area contributed by atoms with Crippen LogP contribution < -0.4 is 0 Å². The summed E-state index contributed by atoms with van der Waals surface area (Å²) in [5.41, 5.74) is 2.07. The summed E-state index contributed by atoms with van der Waals surface area (Å²) < 4.78 is 12.6. The zero-order valence-electron chi connectivity index (χ0n) is 7.82. The standard InChI is InChI=1S/C10H17F/c1-5-8(2)6-7-9(3)10(4)11/h6-7,10H,5H2,1-4H3/b8-6-,9-7-. The van der Waals surface area contributed by atoms with Crippen molar-refractivity contribution < 1.29 is 4.39 Å². The molecule has 1 heteroatoms. The third-order valence-corrected chi connectivity index (χ3v) is 1.82. The fourth-order valence-corrected chi connectivity index (χ4v) is 0.524. The molecule has 0 radical (unpaired) electrons. The lowest BCUT2D eigenvalue weighted by molar-refractivity contribution is 0.411. The van der Waals surface area contributed by atoms with Gasteiger partial charge in [0.2, 0.25) is 0 Å². The molecule has 0 nitrogen and oxygen atoms in total. The largest absolute Gasteiger partial charge is 0.243 e. The van der Waals surface area contributed by atoms with Crippen LogP contribution in [0.25, 0.3) is 0 Å². The molecule has 0 amide bonds. The van der Waals surface area contributed by atoms with Gasteiger partial charge in [0, 0.05) is 0 Å². The average molecular weight is 156 g/mol. The fourth-order valence-electron chi connectivity index (χ4n) is 0.524. The maximum atomic E-state index is 12.6. The Balaban J connectivity index is 4.11. The highest BCUT2D eigenvalue weighted by molar-refractivity contribution is 5.17. The van der Waals surface area contributed by atoms with Gasteiger partial charge in [-0.05, 0) is 32.8 Å². The quantitative estimate of drug-likeness (QED) is 0.547. The summed E-state index contributed by atoms with van der Waals surface area (Å²) in [5, 5.41) is 0. The second-order valence-electron chi connectivity index (χ2n) is 2.89. The van der Waals surface area contributed by atoms with Gasteiger partial charge in [-0.1, -0.05) is 24.6 Å². The maximum absolute atomic E-state index is 12.6. The lowest BCUT2D eigenvalue weighted by atomic mass is 10.1. The lowest BCUT2D eigenvalue weighted by Crippen LogP contribution is -1.92. The minimum absolute atomic E-state index is 0.790. The molecule has 0 aromatic rings. The van der Waals surface area contributed by atoms with Gasteiger partial charge in [-0.15, -0.1) is 0 Å². The third kappa shape index (κ3) is 4.77. The fraction of sp³-hybridized carbons (Fsp3) is 0.600. The molecule has 0 aliphatic rings. The Labute approximate surface area is 68.8 Å². The van der Waals surface area contributed by atoms with Crippen molar-refractivity contribution in [3.05, 3.63) is 23.3 Å². The van der Waals surface area contributed by atoms with Gasteiger partial charge in [-0.25, -0.2) is 4.39 Å². The summed E-state index contributed by atoms with van der Waals surface area (Å²) in [6, 6.07) is 0. The molecule has 0 fully saturated rings. The Morgan fingerprint density at radius 1 is 1.36 bits per heavy atom. The summed E-state index contributed by atoms with van der Waals surface area (Å²) in [6.07, 6.45) is 4.04. The highest BCUT2D eigenvalue weighted by Crippen LogP contribution is 2.06. The molecule has 0 aliphatic carbocycles. The zero-order chi connectivity index (χ0) is 8.85. The highest BCUT2D eigenvalue weighted by Gasteiger charge is 1.97. The monoisotopic (exact) mass is 156 g/mol. The predicted molar refractivity (Wildman–Crippen MR) is 48.4 cm³/mol. The van der Waals surface area contributed by atoms with Gasteiger partial charge >= 0.3 is 0 Å². The van der Waals surface area contributed by atoms with E-state index in [1.54, 1.807) is 6.92 Å². The van der Waals surface area contributed by atoms with E-state index in [1.165, 1.54) is 5.57 Å². The summed E-state index contributed by atoms with van der Waals surface area (Å²) >= 11 is 0. The number of alkyl halides is 1. The van der Waals surface area contributed by atoms with Gasteiger partial charge in [0.1, 0.15) is 6.17 Å². The molecule has 64 valence electrons. The SMILES string of the molecule is CC/C(C)=C\C=C(\C)C(C)F. The Hall–Kier alpha value is -0.590. The van der Waals surface area contributed by atoms with E-state index >= 15 is 0 Å². The first-order valence-electron chi connectivity index (χ1n) is 4.06. The molecule has 1 unspecified atom stereocenters. The van der Waals surface area contributed by atoms with Crippen LogP contribution >= 0.6 is 0 Å². The van der Waals surface area contributed by atoms with Gasteiger partial charge in [-0.3, -0.25) is 0 Å². The number of allylic oxidation sites excluding steroid dienone is 4. The number of rotatable bonds is 3. The van der Waals surface area contributed by atoms with E-state index in [0.717, 1.165) is 12.0 Å². The molecule has 11 heavy (non-hydrogen) atoms. The van der Waals surface area contributed by atoms with E-state index in [1.807, 2.05) is 26.0 Å².